The summed E-state index contributed by atoms with van der Waals surface area (Å²) in [5.74, 6) is 7.30. The van der Waals surface area contributed by atoms with Gasteiger partial charge in [0.05, 0.1) is 0 Å². The van der Waals surface area contributed by atoms with Crippen LogP contribution in [0.5, 0.6) is 0 Å². The molecule has 0 fully saturated rings. The van der Waals surface area contributed by atoms with Gasteiger partial charge >= 0.3 is 54.9 Å². The Kier molecular flexibility index (Phi) is 3.45. The van der Waals surface area contributed by atoms with Crippen LogP contribution in [0.3, 0.4) is 0 Å². The van der Waals surface area contributed by atoms with E-state index in [4.69, 9.17) is 0 Å². The van der Waals surface area contributed by atoms with Crippen molar-refractivity contribution in [2.45, 2.75) is 28.9 Å². The first-order chi connectivity index (χ1) is 3.56. The quantitative estimate of drug-likeness (QED) is 0.454. The molecular weight excluding hydrogens is 157 g/mol. The predicted octanol–water partition coefficient (Wildman–Crippen LogP) is 2.90. The van der Waals surface area contributed by atoms with E-state index in [1.807, 2.05) is 6.08 Å². The van der Waals surface area contributed by atoms with Gasteiger partial charge in [-0.15, -0.1) is 0 Å². The molecule has 0 aromatic heterocycles. The van der Waals surface area contributed by atoms with Crippen molar-refractivity contribution in [3.63, 3.8) is 0 Å². The number of hydrogen-bond acceptors (Lipinski definition) is 0. The minimum atomic E-state index is -1.18. The Morgan fingerprint density at radius 1 is 1.38 bits per heavy atom. The molecule has 0 aromatic rings. The molecule has 0 aromatic carbocycles. The Morgan fingerprint density at radius 3 is 2.00 bits per heavy atom. The molecule has 0 rings (SSSR count). The number of allylic oxidation sites excluding steroid dienone is 1. The first-order valence-electron chi connectivity index (χ1n) is 3.17. The zero-order valence-electron chi connectivity index (χ0n) is 6.20. The summed E-state index contributed by atoms with van der Waals surface area (Å²) in [7, 11) is 0. The predicted molar refractivity (Wildman–Crippen MR) is 43.0 cm³/mol. The molecule has 0 spiro atoms. The van der Waals surface area contributed by atoms with Crippen LogP contribution in [0.25, 0.3) is 0 Å². The number of hydrogen-bond donors (Lipinski definition) is 0. The molecule has 0 radical (unpaired) electrons. The van der Waals surface area contributed by atoms with E-state index < -0.39 is 13.3 Å². The Balaban J connectivity index is 3.24. The van der Waals surface area contributed by atoms with Crippen LogP contribution in [0.2, 0.25) is 22.5 Å². The maximum absolute atomic E-state index is 3.69. The fourth-order valence-electron chi connectivity index (χ4n) is 0.535. The van der Waals surface area contributed by atoms with Gasteiger partial charge in [-0.1, -0.05) is 0 Å². The zero-order chi connectivity index (χ0) is 6.62. The summed E-state index contributed by atoms with van der Waals surface area (Å²) < 4.78 is 0. The average molecular weight is 173 g/mol. The SMILES string of the molecule is C=CC[CH2][Ge]([CH3])([CH3])[CH3]. The summed E-state index contributed by atoms with van der Waals surface area (Å²) in [5.41, 5.74) is 0. The molecule has 0 saturated heterocycles. The molecule has 1 heteroatoms. The van der Waals surface area contributed by atoms with E-state index in [9.17, 15) is 0 Å². The topological polar surface area (TPSA) is 0 Å². The third-order valence-electron chi connectivity index (χ3n) is 1.10. The first kappa shape index (κ1) is 8.28. The van der Waals surface area contributed by atoms with E-state index in [-0.39, 0.29) is 0 Å². The number of rotatable bonds is 3. The van der Waals surface area contributed by atoms with Crippen LogP contribution in [-0.2, 0) is 0 Å². The Hall–Kier alpha value is 0.283. The van der Waals surface area contributed by atoms with Crippen molar-refractivity contribution < 1.29 is 0 Å². The molecule has 0 saturated carbocycles. The third-order valence-corrected chi connectivity index (χ3v) is 4.85. The second-order valence-electron chi connectivity index (χ2n) is 3.39. The Labute approximate surface area is 55.3 Å². The van der Waals surface area contributed by atoms with Gasteiger partial charge in [0, 0.05) is 0 Å². The van der Waals surface area contributed by atoms with E-state index in [0.29, 0.717) is 0 Å². The molecule has 0 heterocycles. The van der Waals surface area contributed by atoms with Crippen molar-refractivity contribution in [1.82, 2.24) is 0 Å². The zero-order valence-corrected chi connectivity index (χ0v) is 8.30. The molecule has 0 aliphatic heterocycles. The van der Waals surface area contributed by atoms with Gasteiger partial charge in [0.25, 0.3) is 0 Å². The third kappa shape index (κ3) is 6.28. The molecule has 0 aliphatic carbocycles. The Morgan fingerprint density at radius 2 is 1.88 bits per heavy atom. The van der Waals surface area contributed by atoms with Crippen LogP contribution >= 0.6 is 0 Å². The van der Waals surface area contributed by atoms with Gasteiger partial charge in [0.1, 0.15) is 0 Å². The van der Waals surface area contributed by atoms with E-state index in [2.05, 4.69) is 23.8 Å². The van der Waals surface area contributed by atoms with Crippen molar-refractivity contribution in [3.8, 4) is 0 Å². The van der Waals surface area contributed by atoms with E-state index in [1.165, 1.54) is 11.7 Å². The molecule has 0 bridgehead atoms. The van der Waals surface area contributed by atoms with Gasteiger partial charge in [-0.25, -0.2) is 0 Å². The van der Waals surface area contributed by atoms with E-state index >= 15 is 0 Å². The average Bonchev–Trinajstić information content (AvgIpc) is 1.59. The van der Waals surface area contributed by atoms with E-state index in [0.717, 1.165) is 0 Å². The summed E-state index contributed by atoms with van der Waals surface area (Å²) in [6.45, 7) is 3.69. The van der Waals surface area contributed by atoms with Gasteiger partial charge in [0.15, 0.2) is 0 Å². The molecule has 48 valence electrons. The first-order valence-corrected chi connectivity index (χ1v) is 10.9. The fourth-order valence-corrected chi connectivity index (χ4v) is 2.78. The molecule has 0 aliphatic rings. The van der Waals surface area contributed by atoms with Crippen molar-refractivity contribution >= 4 is 13.3 Å². The normalized spacial score (nSPS) is 11.4. The standard InChI is InChI=1S/C7H16Ge/c1-5-6-7-8(2,3)4/h5H,1,6-7H2,2-4H3. The molecule has 0 N–H and O–H groups in total. The van der Waals surface area contributed by atoms with Gasteiger partial charge < -0.3 is 0 Å². The second kappa shape index (κ2) is 3.34. The van der Waals surface area contributed by atoms with Gasteiger partial charge in [0.2, 0.25) is 0 Å². The van der Waals surface area contributed by atoms with Crippen LogP contribution < -0.4 is 0 Å². The van der Waals surface area contributed by atoms with Gasteiger partial charge in [-0.2, -0.15) is 0 Å². The van der Waals surface area contributed by atoms with Crippen LogP contribution in [0.4, 0.5) is 0 Å². The molecule has 8 heavy (non-hydrogen) atoms. The summed E-state index contributed by atoms with van der Waals surface area (Å²) in [6.07, 6.45) is 3.25. The van der Waals surface area contributed by atoms with Gasteiger partial charge in [-0.05, 0) is 0 Å². The van der Waals surface area contributed by atoms with Crippen molar-refractivity contribution in [1.29, 1.82) is 0 Å². The van der Waals surface area contributed by atoms with Gasteiger partial charge in [-0.3, -0.25) is 0 Å². The monoisotopic (exact) mass is 174 g/mol. The molecule has 0 atom stereocenters. The minimum absolute atomic E-state index is 1.18. The molecule has 0 amide bonds. The molecular formula is C7H16Ge. The molecule has 0 unspecified atom stereocenters. The summed E-state index contributed by atoms with van der Waals surface area (Å²) in [4.78, 5) is 0. The summed E-state index contributed by atoms with van der Waals surface area (Å²) >= 11 is -1.18. The van der Waals surface area contributed by atoms with Crippen LogP contribution in [0, 0.1) is 0 Å². The maximum atomic E-state index is 3.69. The second-order valence-corrected chi connectivity index (χ2v) is 15.2. The van der Waals surface area contributed by atoms with E-state index in [1.54, 1.807) is 0 Å². The fraction of sp³-hybridized carbons (Fsp3) is 0.714. The molecule has 0 nitrogen and oxygen atoms in total. The summed E-state index contributed by atoms with van der Waals surface area (Å²) in [5, 5.41) is 1.43. The van der Waals surface area contributed by atoms with Crippen molar-refractivity contribution in [2.75, 3.05) is 0 Å². The Bertz CT molecular complexity index is 68.9. The van der Waals surface area contributed by atoms with Crippen LogP contribution in [0.15, 0.2) is 12.7 Å². The van der Waals surface area contributed by atoms with Crippen LogP contribution in [-0.4, -0.2) is 13.3 Å². The summed E-state index contributed by atoms with van der Waals surface area (Å²) in [6, 6.07) is 0. The van der Waals surface area contributed by atoms with Crippen molar-refractivity contribution in [3.05, 3.63) is 12.7 Å². The van der Waals surface area contributed by atoms with Crippen molar-refractivity contribution in [2.24, 2.45) is 0 Å². The van der Waals surface area contributed by atoms with Crippen LogP contribution in [0.1, 0.15) is 6.42 Å².